The van der Waals surface area contributed by atoms with Crippen molar-refractivity contribution in [1.29, 1.82) is 0 Å². The average molecular weight is 293 g/mol. The highest BCUT2D eigenvalue weighted by Gasteiger charge is 2.20. The lowest BCUT2D eigenvalue weighted by Gasteiger charge is -2.24. The molecular weight excluding hydrogens is 266 g/mol. The van der Waals surface area contributed by atoms with Crippen LogP contribution in [-0.2, 0) is 0 Å². The van der Waals surface area contributed by atoms with Gasteiger partial charge in [0.1, 0.15) is 0 Å². The standard InChI is InChI=1S/C21H27N/c1-6-8-20(21-16(3)9-7-10-17(21)4)18(5)19-12-14-22-13-11-15(19)2/h6-13,15-16,22H,5,14H2,1-4H3/b8-6-,21-20-. The molecule has 0 fully saturated rings. The Kier molecular flexibility index (Phi) is 5.43. The summed E-state index contributed by atoms with van der Waals surface area (Å²) < 4.78 is 0. The maximum atomic E-state index is 4.44. The summed E-state index contributed by atoms with van der Waals surface area (Å²) in [5.74, 6) is 0.797. The third-order valence-electron chi connectivity index (χ3n) is 4.36. The highest BCUT2D eigenvalue weighted by Crippen LogP contribution is 2.35. The Morgan fingerprint density at radius 2 is 2.05 bits per heavy atom. The lowest BCUT2D eigenvalue weighted by Crippen LogP contribution is -2.09. The van der Waals surface area contributed by atoms with Crippen LogP contribution >= 0.6 is 0 Å². The Bertz CT molecular complexity index is 620. The van der Waals surface area contributed by atoms with E-state index in [1.54, 1.807) is 0 Å². The van der Waals surface area contributed by atoms with Crippen molar-refractivity contribution in [3.05, 3.63) is 83.2 Å². The van der Waals surface area contributed by atoms with E-state index in [1.807, 2.05) is 6.20 Å². The normalized spacial score (nSPS) is 27.1. The third kappa shape index (κ3) is 3.41. The van der Waals surface area contributed by atoms with Crippen LogP contribution in [0.1, 0.15) is 27.7 Å². The van der Waals surface area contributed by atoms with Crippen LogP contribution in [0.2, 0.25) is 0 Å². The molecule has 0 bridgehead atoms. The first-order valence-electron chi connectivity index (χ1n) is 8.08. The first-order valence-corrected chi connectivity index (χ1v) is 8.08. The molecule has 1 nitrogen and oxygen atoms in total. The molecule has 2 aliphatic rings. The fourth-order valence-corrected chi connectivity index (χ4v) is 3.18. The van der Waals surface area contributed by atoms with Crippen molar-refractivity contribution in [2.24, 2.45) is 11.8 Å². The van der Waals surface area contributed by atoms with E-state index >= 15 is 0 Å². The number of rotatable bonds is 3. The van der Waals surface area contributed by atoms with Crippen molar-refractivity contribution in [2.45, 2.75) is 27.7 Å². The van der Waals surface area contributed by atoms with Crippen LogP contribution in [0.25, 0.3) is 0 Å². The SMILES string of the molecule is C=C(C1=CCNC=CC1C)C(/C=C\C)=C1\C(C)=CC=CC1C. The molecule has 1 aliphatic heterocycles. The van der Waals surface area contributed by atoms with Gasteiger partial charge in [-0.05, 0) is 47.9 Å². The monoisotopic (exact) mass is 293 g/mol. The second kappa shape index (κ2) is 7.31. The van der Waals surface area contributed by atoms with Crippen molar-refractivity contribution >= 4 is 0 Å². The van der Waals surface area contributed by atoms with E-state index in [4.69, 9.17) is 0 Å². The van der Waals surface area contributed by atoms with E-state index in [0.717, 1.165) is 12.1 Å². The zero-order valence-corrected chi connectivity index (χ0v) is 14.2. The molecular formula is C21H27N. The van der Waals surface area contributed by atoms with E-state index in [1.165, 1.54) is 22.3 Å². The van der Waals surface area contributed by atoms with Crippen LogP contribution in [0.3, 0.4) is 0 Å². The molecule has 0 amide bonds. The molecule has 1 heteroatoms. The minimum absolute atomic E-state index is 0.377. The van der Waals surface area contributed by atoms with Gasteiger partial charge >= 0.3 is 0 Å². The molecule has 2 unspecified atom stereocenters. The van der Waals surface area contributed by atoms with E-state index in [2.05, 4.69) is 82.1 Å². The first-order chi connectivity index (χ1) is 10.6. The minimum atomic E-state index is 0.377. The Balaban J connectivity index is 2.51. The fourth-order valence-electron chi connectivity index (χ4n) is 3.18. The Morgan fingerprint density at radius 1 is 1.27 bits per heavy atom. The summed E-state index contributed by atoms with van der Waals surface area (Å²) in [4.78, 5) is 0. The highest BCUT2D eigenvalue weighted by atomic mass is 14.8. The first kappa shape index (κ1) is 16.4. The van der Waals surface area contributed by atoms with Gasteiger partial charge in [-0.25, -0.2) is 0 Å². The number of hydrogen-bond donors (Lipinski definition) is 1. The molecule has 0 aromatic heterocycles. The van der Waals surface area contributed by atoms with Crippen LogP contribution < -0.4 is 5.32 Å². The third-order valence-corrected chi connectivity index (χ3v) is 4.36. The summed E-state index contributed by atoms with van der Waals surface area (Å²) in [6.45, 7) is 14.1. The minimum Gasteiger partial charge on any atom is -0.388 e. The molecule has 0 saturated carbocycles. The van der Waals surface area contributed by atoms with Crippen LogP contribution in [-0.4, -0.2) is 6.54 Å². The van der Waals surface area contributed by atoms with Gasteiger partial charge in [-0.2, -0.15) is 0 Å². The summed E-state index contributed by atoms with van der Waals surface area (Å²) in [6, 6.07) is 0. The maximum Gasteiger partial charge on any atom is 0.0331 e. The number of hydrogen-bond acceptors (Lipinski definition) is 1. The molecule has 22 heavy (non-hydrogen) atoms. The molecule has 0 spiro atoms. The summed E-state index contributed by atoms with van der Waals surface area (Å²) in [5, 5.41) is 3.28. The van der Waals surface area contributed by atoms with Crippen molar-refractivity contribution in [3.8, 4) is 0 Å². The zero-order valence-electron chi connectivity index (χ0n) is 14.2. The van der Waals surface area contributed by atoms with Gasteiger partial charge in [-0.1, -0.05) is 63.0 Å². The van der Waals surface area contributed by atoms with E-state index < -0.39 is 0 Å². The largest absolute Gasteiger partial charge is 0.388 e. The lowest BCUT2D eigenvalue weighted by atomic mass is 9.80. The molecule has 2 rings (SSSR count). The van der Waals surface area contributed by atoms with Crippen LogP contribution in [0.4, 0.5) is 0 Å². The van der Waals surface area contributed by atoms with Gasteiger partial charge in [0.2, 0.25) is 0 Å². The Morgan fingerprint density at radius 3 is 2.73 bits per heavy atom. The Hall–Kier alpha value is -2.02. The van der Waals surface area contributed by atoms with Crippen molar-refractivity contribution < 1.29 is 0 Å². The summed E-state index contributed by atoms with van der Waals surface area (Å²) >= 11 is 0. The van der Waals surface area contributed by atoms with E-state index in [9.17, 15) is 0 Å². The van der Waals surface area contributed by atoms with Crippen molar-refractivity contribution in [2.75, 3.05) is 6.54 Å². The van der Waals surface area contributed by atoms with Crippen LogP contribution in [0.15, 0.2) is 83.2 Å². The topological polar surface area (TPSA) is 12.0 Å². The zero-order chi connectivity index (χ0) is 16.1. The maximum absolute atomic E-state index is 4.44. The molecule has 116 valence electrons. The predicted molar refractivity (Wildman–Crippen MR) is 97.4 cm³/mol. The quantitative estimate of drug-likeness (QED) is 0.749. The molecule has 0 aromatic carbocycles. The average Bonchev–Trinajstić information content (AvgIpc) is 2.70. The molecule has 0 aromatic rings. The fraction of sp³-hybridized carbons (Fsp3) is 0.333. The molecule has 1 heterocycles. The van der Waals surface area contributed by atoms with E-state index in [-0.39, 0.29) is 0 Å². The highest BCUT2D eigenvalue weighted by molar-refractivity contribution is 5.59. The van der Waals surface area contributed by atoms with Crippen LogP contribution in [0, 0.1) is 11.8 Å². The summed E-state index contributed by atoms with van der Waals surface area (Å²) in [5.41, 5.74) is 6.45. The van der Waals surface area contributed by atoms with Gasteiger partial charge < -0.3 is 5.32 Å². The van der Waals surface area contributed by atoms with Gasteiger partial charge in [-0.15, -0.1) is 0 Å². The lowest BCUT2D eigenvalue weighted by molar-refractivity contribution is 0.841. The number of allylic oxidation sites excluding steroid dienone is 11. The van der Waals surface area contributed by atoms with Gasteiger partial charge in [0.25, 0.3) is 0 Å². The summed E-state index contributed by atoms with van der Waals surface area (Å²) in [7, 11) is 0. The van der Waals surface area contributed by atoms with Crippen molar-refractivity contribution in [1.82, 2.24) is 5.32 Å². The molecule has 2 atom stereocenters. The second-order valence-electron chi connectivity index (χ2n) is 6.04. The molecule has 1 aliphatic carbocycles. The van der Waals surface area contributed by atoms with Crippen molar-refractivity contribution in [3.63, 3.8) is 0 Å². The molecule has 1 N–H and O–H groups in total. The van der Waals surface area contributed by atoms with Gasteiger partial charge in [0.15, 0.2) is 0 Å². The van der Waals surface area contributed by atoms with Gasteiger partial charge in [0, 0.05) is 18.4 Å². The van der Waals surface area contributed by atoms with E-state index in [0.29, 0.717) is 11.8 Å². The second-order valence-corrected chi connectivity index (χ2v) is 6.04. The Labute approximate surface area is 135 Å². The number of nitrogens with one attached hydrogen (secondary N) is 1. The smallest absolute Gasteiger partial charge is 0.0331 e. The molecule has 0 saturated heterocycles. The van der Waals surface area contributed by atoms with Crippen LogP contribution in [0.5, 0.6) is 0 Å². The van der Waals surface area contributed by atoms with Gasteiger partial charge in [0.05, 0.1) is 0 Å². The van der Waals surface area contributed by atoms with Gasteiger partial charge in [-0.3, -0.25) is 0 Å². The summed E-state index contributed by atoms with van der Waals surface area (Å²) in [6.07, 6.45) is 17.4. The predicted octanol–water partition coefficient (Wildman–Crippen LogP) is 5.25. The molecule has 0 radical (unpaired) electrons.